The Bertz CT molecular complexity index is 1490. The van der Waals surface area contributed by atoms with Crippen molar-refractivity contribution in [2.75, 3.05) is 26.4 Å². The van der Waals surface area contributed by atoms with Gasteiger partial charge in [-0.05, 0) is 62.1 Å². The second-order valence-electron chi connectivity index (χ2n) is 10.3. The van der Waals surface area contributed by atoms with Gasteiger partial charge in [0.05, 0.1) is 58.5 Å². The summed E-state index contributed by atoms with van der Waals surface area (Å²) in [6.07, 6.45) is 5.83. The zero-order valence-corrected chi connectivity index (χ0v) is 32.0. The Morgan fingerprint density at radius 2 is 0.735 bits per heavy atom. The van der Waals surface area contributed by atoms with Crippen molar-refractivity contribution in [3.63, 3.8) is 0 Å². The van der Waals surface area contributed by atoms with Crippen LogP contribution >= 0.6 is 0 Å². The summed E-state index contributed by atoms with van der Waals surface area (Å²) in [6, 6.07) is 5.84. The molecule has 2 rings (SSSR count). The van der Waals surface area contributed by atoms with Crippen molar-refractivity contribution in [1.82, 2.24) is 0 Å². The molecule has 0 amide bonds. The molecule has 0 spiro atoms. The molecule has 0 N–H and O–H groups in total. The maximum atomic E-state index is 12.1. The van der Waals surface area contributed by atoms with E-state index in [-0.39, 0.29) is 86.4 Å². The van der Waals surface area contributed by atoms with Gasteiger partial charge >= 0.3 is 61.6 Å². The van der Waals surface area contributed by atoms with E-state index < -0.39 is 53.9 Å². The summed E-state index contributed by atoms with van der Waals surface area (Å²) in [5.41, 5.74) is -0.825. The number of carbonyl (C=O) groups is 4. The Balaban J connectivity index is 0.000000922. The summed E-state index contributed by atoms with van der Waals surface area (Å²) < 4.78 is 86.9. The summed E-state index contributed by atoms with van der Waals surface area (Å²) in [4.78, 5) is 47.2. The predicted octanol–water partition coefficient (Wildman–Crippen LogP) is 4.63. The molecule has 0 aromatic heterocycles. The van der Waals surface area contributed by atoms with Gasteiger partial charge in [-0.1, -0.05) is 53.4 Å². The van der Waals surface area contributed by atoms with Gasteiger partial charge in [-0.2, -0.15) is 0 Å². The number of carbonyl (C=O) groups excluding carboxylic acids is 4. The van der Waals surface area contributed by atoms with Crippen LogP contribution in [0, 0.1) is 0 Å². The molecule has 0 saturated carbocycles. The molecule has 0 saturated heterocycles. The summed E-state index contributed by atoms with van der Waals surface area (Å²) in [5.74, 6) is -3.26. The smallest absolute Gasteiger partial charge is 0.744 e. The number of hydrogen-bond acceptors (Lipinski definition) is 14. The van der Waals surface area contributed by atoms with Gasteiger partial charge < -0.3 is 28.1 Å². The van der Waals surface area contributed by atoms with Crippen molar-refractivity contribution in [3.8, 4) is 0 Å². The Labute approximate surface area is 317 Å². The molecule has 14 nitrogen and oxygen atoms in total. The van der Waals surface area contributed by atoms with Crippen molar-refractivity contribution in [2.45, 2.75) is 88.9 Å². The van der Waals surface area contributed by atoms with Crippen LogP contribution in [-0.4, -0.2) is 114 Å². The maximum absolute atomic E-state index is 12.1. The quantitative estimate of drug-likeness (QED) is 0.0666. The molecular formula is C32H42CaO14S2. The minimum Gasteiger partial charge on any atom is -0.744 e. The molecule has 2 aromatic rings. The first-order valence-electron chi connectivity index (χ1n) is 15.5. The standard InChI is InChI=1S/2C16H22O7S.Ca/c2*1-3-5-9-22-15(17)13-8-7-12(24(19,20)21)11-14(13)16(18)23-10-6-4-2;/h2*7-8,11H,3-6,9-10H2,1-2H3,(H,19,20,21);/q;;+2/p-2. The Kier molecular flexibility index (Phi) is 22.5. The fraction of sp³-hybridized carbons (Fsp3) is 0.500. The fourth-order valence-electron chi connectivity index (χ4n) is 3.60. The maximum Gasteiger partial charge on any atom is 2.00 e. The van der Waals surface area contributed by atoms with Crippen LogP contribution in [0.3, 0.4) is 0 Å². The summed E-state index contributed by atoms with van der Waals surface area (Å²) in [5, 5.41) is 0. The van der Waals surface area contributed by atoms with Crippen LogP contribution in [0.1, 0.15) is 120 Å². The first kappa shape index (κ1) is 46.4. The molecule has 0 fully saturated rings. The van der Waals surface area contributed by atoms with Gasteiger partial charge in [0, 0.05) is 0 Å². The van der Waals surface area contributed by atoms with E-state index in [1.165, 1.54) is 0 Å². The fourth-order valence-corrected chi connectivity index (χ4v) is 4.59. The van der Waals surface area contributed by atoms with Crippen LogP contribution in [0.4, 0.5) is 0 Å². The van der Waals surface area contributed by atoms with E-state index in [2.05, 4.69) is 0 Å². The van der Waals surface area contributed by atoms with E-state index in [9.17, 15) is 45.1 Å². The Hall–Kier alpha value is -2.60. The van der Waals surface area contributed by atoms with E-state index in [1.807, 2.05) is 27.7 Å². The number of esters is 4. The summed E-state index contributed by atoms with van der Waals surface area (Å²) in [6.45, 7) is 8.31. The Morgan fingerprint density at radius 3 is 0.959 bits per heavy atom. The third-order valence-electron chi connectivity index (χ3n) is 6.36. The Morgan fingerprint density at radius 1 is 0.490 bits per heavy atom. The number of benzene rings is 2. The van der Waals surface area contributed by atoms with E-state index in [1.54, 1.807) is 0 Å². The summed E-state index contributed by atoms with van der Waals surface area (Å²) >= 11 is 0. The zero-order chi connectivity index (χ0) is 36.3. The van der Waals surface area contributed by atoms with Crippen LogP contribution < -0.4 is 0 Å². The van der Waals surface area contributed by atoms with Crippen molar-refractivity contribution >= 4 is 81.9 Å². The minimum absolute atomic E-state index is 0. The van der Waals surface area contributed by atoms with E-state index in [0.29, 0.717) is 25.7 Å². The van der Waals surface area contributed by atoms with Crippen molar-refractivity contribution < 1.29 is 64.1 Å². The van der Waals surface area contributed by atoms with Gasteiger partial charge in [0.2, 0.25) is 0 Å². The molecule has 0 unspecified atom stereocenters. The van der Waals surface area contributed by atoms with Crippen molar-refractivity contribution in [2.24, 2.45) is 0 Å². The van der Waals surface area contributed by atoms with Crippen LogP contribution in [0.25, 0.3) is 0 Å². The van der Waals surface area contributed by atoms with E-state index in [0.717, 1.165) is 62.1 Å². The van der Waals surface area contributed by atoms with Gasteiger partial charge in [-0.3, -0.25) is 0 Å². The molecule has 2 aromatic carbocycles. The third-order valence-corrected chi connectivity index (χ3v) is 8.03. The zero-order valence-electron chi connectivity index (χ0n) is 28.2. The number of rotatable bonds is 18. The van der Waals surface area contributed by atoms with Crippen molar-refractivity contribution in [1.29, 1.82) is 0 Å². The van der Waals surface area contributed by atoms with Crippen molar-refractivity contribution in [3.05, 3.63) is 58.7 Å². The van der Waals surface area contributed by atoms with Gasteiger partial charge in [0.15, 0.2) is 0 Å². The van der Waals surface area contributed by atoms with Crippen LogP contribution in [0.5, 0.6) is 0 Å². The summed E-state index contributed by atoms with van der Waals surface area (Å²) in [7, 11) is -9.51. The molecule has 268 valence electrons. The van der Waals surface area contributed by atoms with Crippen LogP contribution in [0.15, 0.2) is 46.2 Å². The van der Waals surface area contributed by atoms with E-state index in [4.69, 9.17) is 18.9 Å². The second-order valence-corrected chi connectivity index (χ2v) is 13.0. The normalized spacial score (nSPS) is 10.9. The number of ether oxygens (including phenoxy) is 4. The molecule has 0 bridgehead atoms. The van der Waals surface area contributed by atoms with Crippen LogP contribution in [-0.2, 0) is 39.2 Å². The number of hydrogen-bond donors (Lipinski definition) is 0. The molecule has 0 atom stereocenters. The molecule has 0 heterocycles. The third kappa shape index (κ3) is 16.8. The van der Waals surface area contributed by atoms with Gasteiger partial charge in [0.1, 0.15) is 20.2 Å². The number of unbranched alkanes of at least 4 members (excludes halogenated alkanes) is 4. The molecule has 0 aliphatic carbocycles. The molecule has 0 aliphatic heterocycles. The first-order chi connectivity index (χ1) is 22.6. The molecule has 17 heteroatoms. The molecule has 0 aliphatic rings. The SMILES string of the molecule is CCCCOC(=O)c1ccc(S(=O)(=O)[O-])cc1C(=O)OCCCC.CCCCOC(=O)c1ccc(S(=O)(=O)[O-])cc1C(=O)OCCCC.[Ca+2]. The monoisotopic (exact) mass is 754 g/mol. The average molecular weight is 755 g/mol. The first-order valence-corrected chi connectivity index (χ1v) is 18.3. The second kappa shape index (κ2) is 23.7. The minimum atomic E-state index is -4.76. The average Bonchev–Trinajstić information content (AvgIpc) is 3.04. The molecule has 49 heavy (non-hydrogen) atoms. The van der Waals surface area contributed by atoms with Gasteiger partial charge in [-0.15, -0.1) is 0 Å². The predicted molar refractivity (Wildman–Crippen MR) is 175 cm³/mol. The molecule has 0 radical (unpaired) electrons. The topological polar surface area (TPSA) is 220 Å². The van der Waals surface area contributed by atoms with Crippen LogP contribution in [0.2, 0.25) is 0 Å². The van der Waals surface area contributed by atoms with Gasteiger partial charge in [0.25, 0.3) is 0 Å². The molecular weight excluding hydrogens is 713 g/mol. The van der Waals surface area contributed by atoms with Gasteiger partial charge in [-0.25, -0.2) is 36.0 Å². The largest absolute Gasteiger partial charge is 2.00 e. The van der Waals surface area contributed by atoms with E-state index >= 15 is 0 Å².